The Labute approximate surface area is 158 Å². The van der Waals surface area contributed by atoms with E-state index in [1.54, 1.807) is 30.3 Å². The first kappa shape index (κ1) is 19.0. The van der Waals surface area contributed by atoms with Crippen LogP contribution in [-0.4, -0.2) is 37.4 Å². The normalized spacial score (nSPS) is 14.7. The van der Waals surface area contributed by atoms with Crippen molar-refractivity contribution in [2.75, 3.05) is 26.0 Å². The second kappa shape index (κ2) is 8.31. The van der Waals surface area contributed by atoms with E-state index >= 15 is 0 Å². The molecule has 6 heteroatoms. The van der Waals surface area contributed by atoms with Crippen LogP contribution in [0.4, 0.5) is 10.1 Å². The molecule has 0 saturated heterocycles. The third-order valence-electron chi connectivity index (χ3n) is 4.65. The van der Waals surface area contributed by atoms with Crippen molar-refractivity contribution in [3.63, 3.8) is 0 Å². The molecule has 0 aromatic heterocycles. The monoisotopic (exact) mass is 369 g/mol. The number of hydrogen-bond acceptors (Lipinski definition) is 3. The van der Waals surface area contributed by atoms with Gasteiger partial charge in [0, 0.05) is 23.7 Å². The van der Waals surface area contributed by atoms with Gasteiger partial charge in [0.25, 0.3) is 5.91 Å². The summed E-state index contributed by atoms with van der Waals surface area (Å²) in [7, 11) is 3.77. The zero-order valence-corrected chi connectivity index (χ0v) is 15.5. The molecule has 1 unspecified atom stereocenters. The molecule has 1 saturated carbocycles. The topological polar surface area (TPSA) is 61.4 Å². The van der Waals surface area contributed by atoms with Crippen molar-refractivity contribution in [2.45, 2.75) is 18.9 Å². The Balaban J connectivity index is 1.64. The van der Waals surface area contributed by atoms with Gasteiger partial charge in [-0.3, -0.25) is 9.59 Å². The van der Waals surface area contributed by atoms with Crippen LogP contribution in [0.3, 0.4) is 0 Å². The molecule has 0 heterocycles. The van der Waals surface area contributed by atoms with Gasteiger partial charge in [-0.2, -0.15) is 0 Å². The Kier molecular flexibility index (Phi) is 5.86. The predicted molar refractivity (Wildman–Crippen MR) is 103 cm³/mol. The lowest BCUT2D eigenvalue weighted by atomic mass is 10.1. The number of hydrogen-bond donors (Lipinski definition) is 2. The van der Waals surface area contributed by atoms with Crippen LogP contribution in [0.5, 0.6) is 0 Å². The quantitative estimate of drug-likeness (QED) is 0.788. The van der Waals surface area contributed by atoms with E-state index < -0.39 is 0 Å². The fourth-order valence-electron chi connectivity index (χ4n) is 2.93. The first-order valence-electron chi connectivity index (χ1n) is 9.05. The molecule has 2 N–H and O–H groups in total. The molecule has 1 aliphatic rings. The highest BCUT2D eigenvalue weighted by Crippen LogP contribution is 2.30. The molecule has 0 radical (unpaired) electrons. The summed E-state index contributed by atoms with van der Waals surface area (Å²) in [5.41, 5.74) is 1.89. The van der Waals surface area contributed by atoms with Crippen LogP contribution >= 0.6 is 0 Å². The van der Waals surface area contributed by atoms with Crippen molar-refractivity contribution >= 4 is 17.5 Å². The molecule has 1 fully saturated rings. The molecule has 142 valence electrons. The lowest BCUT2D eigenvalue weighted by Crippen LogP contribution is -2.34. The predicted octanol–water partition coefficient (Wildman–Crippen LogP) is 3.21. The molecule has 0 aliphatic heterocycles. The van der Waals surface area contributed by atoms with Gasteiger partial charge in [0.05, 0.1) is 6.04 Å². The minimum atomic E-state index is -0.301. The van der Waals surface area contributed by atoms with E-state index in [-0.39, 0.29) is 29.6 Å². The molecule has 1 aliphatic carbocycles. The summed E-state index contributed by atoms with van der Waals surface area (Å²) in [5.74, 6) is -0.425. The van der Waals surface area contributed by atoms with Crippen molar-refractivity contribution in [3.05, 3.63) is 65.5 Å². The number of halogens is 1. The number of benzene rings is 2. The standard InChI is InChI=1S/C21H24FN3O2/c1-25(2)19(15-5-3-7-17(22)11-15)13-23-20(26)16-6-4-8-18(12-16)24-21(27)14-9-10-14/h3-8,11-12,14,19H,9-10,13H2,1-2H3,(H,23,26)(H,24,27). The fourth-order valence-corrected chi connectivity index (χ4v) is 2.93. The van der Waals surface area contributed by atoms with Gasteiger partial charge in [0.1, 0.15) is 5.82 Å². The van der Waals surface area contributed by atoms with Crippen LogP contribution in [0.1, 0.15) is 34.8 Å². The number of rotatable bonds is 7. The minimum absolute atomic E-state index is 0.00587. The fraction of sp³-hybridized carbons (Fsp3) is 0.333. The summed E-state index contributed by atoms with van der Waals surface area (Å²) in [6, 6.07) is 13.1. The lowest BCUT2D eigenvalue weighted by molar-refractivity contribution is -0.117. The third-order valence-corrected chi connectivity index (χ3v) is 4.65. The van der Waals surface area contributed by atoms with Crippen molar-refractivity contribution in [1.29, 1.82) is 0 Å². The van der Waals surface area contributed by atoms with E-state index in [4.69, 9.17) is 0 Å². The maximum Gasteiger partial charge on any atom is 0.251 e. The van der Waals surface area contributed by atoms with Crippen LogP contribution in [0, 0.1) is 11.7 Å². The highest BCUT2D eigenvalue weighted by Gasteiger charge is 2.29. The Morgan fingerprint density at radius 2 is 1.89 bits per heavy atom. The summed E-state index contributed by atoms with van der Waals surface area (Å²) >= 11 is 0. The first-order valence-corrected chi connectivity index (χ1v) is 9.05. The lowest BCUT2D eigenvalue weighted by Gasteiger charge is -2.25. The molecule has 3 rings (SSSR count). The summed E-state index contributed by atoms with van der Waals surface area (Å²) in [6.07, 6.45) is 1.86. The van der Waals surface area contributed by atoms with Crippen LogP contribution in [-0.2, 0) is 4.79 Å². The molecule has 27 heavy (non-hydrogen) atoms. The number of carbonyl (C=O) groups excluding carboxylic acids is 2. The molecular formula is C21H24FN3O2. The van der Waals surface area contributed by atoms with Gasteiger partial charge < -0.3 is 15.5 Å². The Morgan fingerprint density at radius 1 is 1.15 bits per heavy atom. The van der Waals surface area contributed by atoms with Crippen molar-refractivity contribution in [2.24, 2.45) is 5.92 Å². The van der Waals surface area contributed by atoms with Gasteiger partial charge in [0.15, 0.2) is 0 Å². The van der Waals surface area contributed by atoms with Crippen molar-refractivity contribution in [1.82, 2.24) is 10.2 Å². The van der Waals surface area contributed by atoms with Crippen LogP contribution < -0.4 is 10.6 Å². The number of likely N-dealkylation sites (N-methyl/N-ethyl adjacent to an activating group) is 1. The largest absolute Gasteiger partial charge is 0.350 e. The van der Waals surface area contributed by atoms with Gasteiger partial charge in [-0.25, -0.2) is 4.39 Å². The van der Waals surface area contributed by atoms with E-state index in [2.05, 4.69) is 10.6 Å². The number of carbonyl (C=O) groups is 2. The number of nitrogens with zero attached hydrogens (tertiary/aromatic N) is 1. The second-order valence-corrected chi connectivity index (χ2v) is 7.09. The van der Waals surface area contributed by atoms with Gasteiger partial charge >= 0.3 is 0 Å². The number of nitrogens with one attached hydrogen (secondary N) is 2. The Morgan fingerprint density at radius 3 is 2.56 bits per heavy atom. The summed E-state index contributed by atoms with van der Waals surface area (Å²) in [6.45, 7) is 0.341. The van der Waals surface area contributed by atoms with E-state index in [9.17, 15) is 14.0 Å². The van der Waals surface area contributed by atoms with Crippen LogP contribution in [0.2, 0.25) is 0 Å². The van der Waals surface area contributed by atoms with Crippen LogP contribution in [0.25, 0.3) is 0 Å². The molecular weight excluding hydrogens is 345 g/mol. The third kappa shape index (κ3) is 5.14. The zero-order chi connectivity index (χ0) is 19.4. The van der Waals surface area contributed by atoms with Crippen molar-refractivity contribution in [3.8, 4) is 0 Å². The number of anilines is 1. The maximum absolute atomic E-state index is 13.5. The molecule has 2 amide bonds. The van der Waals surface area contributed by atoms with Gasteiger partial charge in [0.2, 0.25) is 5.91 Å². The van der Waals surface area contributed by atoms with Gasteiger partial charge in [-0.1, -0.05) is 18.2 Å². The summed E-state index contributed by atoms with van der Waals surface area (Å²) in [5, 5.41) is 5.74. The average Bonchev–Trinajstić information content (AvgIpc) is 3.47. The molecule has 1 atom stereocenters. The van der Waals surface area contributed by atoms with Gasteiger partial charge in [-0.15, -0.1) is 0 Å². The molecule has 0 spiro atoms. The highest BCUT2D eigenvalue weighted by molar-refractivity contribution is 5.98. The smallest absolute Gasteiger partial charge is 0.251 e. The SMILES string of the molecule is CN(C)C(CNC(=O)c1cccc(NC(=O)C2CC2)c1)c1cccc(F)c1. The highest BCUT2D eigenvalue weighted by atomic mass is 19.1. The van der Waals surface area contributed by atoms with Crippen molar-refractivity contribution < 1.29 is 14.0 Å². The minimum Gasteiger partial charge on any atom is -0.350 e. The Hall–Kier alpha value is -2.73. The molecule has 2 aromatic carbocycles. The maximum atomic E-state index is 13.5. The van der Waals surface area contributed by atoms with E-state index in [0.29, 0.717) is 17.8 Å². The van der Waals surface area contributed by atoms with E-state index in [0.717, 1.165) is 18.4 Å². The van der Waals surface area contributed by atoms with Gasteiger partial charge in [-0.05, 0) is 62.8 Å². The average molecular weight is 369 g/mol. The summed E-state index contributed by atoms with van der Waals surface area (Å²) < 4.78 is 13.5. The molecule has 0 bridgehead atoms. The molecule has 5 nitrogen and oxygen atoms in total. The number of amides is 2. The van der Waals surface area contributed by atoms with Crippen LogP contribution in [0.15, 0.2) is 48.5 Å². The Bertz CT molecular complexity index is 834. The first-order chi connectivity index (χ1) is 12.9. The molecule has 2 aromatic rings. The zero-order valence-electron chi connectivity index (χ0n) is 15.5. The van der Waals surface area contributed by atoms with E-state index in [1.165, 1.54) is 12.1 Å². The van der Waals surface area contributed by atoms with E-state index in [1.807, 2.05) is 25.1 Å². The second-order valence-electron chi connectivity index (χ2n) is 7.09. The summed E-state index contributed by atoms with van der Waals surface area (Å²) in [4.78, 5) is 26.4.